The Morgan fingerprint density at radius 2 is 2.00 bits per heavy atom. The Balaban J connectivity index is 1.55. The van der Waals surface area contributed by atoms with Crippen LogP contribution in [0.15, 0.2) is 42.5 Å². The zero-order valence-electron chi connectivity index (χ0n) is 21.7. The quantitative estimate of drug-likeness (QED) is 0.453. The molecule has 2 aromatic rings. The van der Waals surface area contributed by atoms with E-state index in [2.05, 4.69) is 4.90 Å². The Labute approximate surface area is 209 Å². The highest BCUT2D eigenvalue weighted by Gasteiger charge is 2.31. The third kappa shape index (κ3) is 7.35. The molecule has 35 heavy (non-hydrogen) atoms. The number of carbonyl (C=O) groups is 1. The number of hydrogen-bond acceptors (Lipinski definition) is 5. The molecule has 1 N–H and O–H groups in total. The molecular weight excluding hydrogens is 445 g/mol. The first-order valence-corrected chi connectivity index (χ1v) is 12.6. The van der Waals surface area contributed by atoms with Gasteiger partial charge in [0.15, 0.2) is 0 Å². The van der Waals surface area contributed by atoms with Gasteiger partial charge in [-0.1, -0.05) is 36.4 Å². The Morgan fingerprint density at radius 1 is 1.26 bits per heavy atom. The van der Waals surface area contributed by atoms with Gasteiger partial charge in [0.1, 0.15) is 5.82 Å². The van der Waals surface area contributed by atoms with Gasteiger partial charge >= 0.3 is 5.97 Å². The van der Waals surface area contributed by atoms with Crippen molar-refractivity contribution in [1.29, 1.82) is 0 Å². The SMILES string of the molecule is COC(=O)C(C)(C)Cc1ccccc1[C@@H](C)OC[C@H](O)CN1CCC[C@H]1Cc1ccc(C)c(F)c1. The molecular formula is C29H40FNO4. The zero-order valence-corrected chi connectivity index (χ0v) is 21.7. The van der Waals surface area contributed by atoms with Gasteiger partial charge in [0.2, 0.25) is 0 Å². The van der Waals surface area contributed by atoms with Crippen LogP contribution < -0.4 is 0 Å². The Hall–Kier alpha value is -2.28. The second-order valence-electron chi connectivity index (χ2n) is 10.5. The predicted molar refractivity (Wildman–Crippen MR) is 136 cm³/mol. The molecule has 0 bridgehead atoms. The largest absolute Gasteiger partial charge is 0.469 e. The summed E-state index contributed by atoms with van der Waals surface area (Å²) in [4.78, 5) is 14.5. The van der Waals surface area contributed by atoms with E-state index in [-0.39, 0.29) is 24.5 Å². The van der Waals surface area contributed by atoms with Crippen LogP contribution in [0.2, 0.25) is 0 Å². The second-order valence-corrected chi connectivity index (χ2v) is 10.5. The first kappa shape index (κ1) is 27.3. The number of carbonyl (C=O) groups excluding carboxylic acids is 1. The number of β-amino-alcohol motifs (C(OH)–C–C–N with tert-alkyl or cyclic N) is 1. The van der Waals surface area contributed by atoms with E-state index in [0.717, 1.165) is 42.5 Å². The summed E-state index contributed by atoms with van der Waals surface area (Å²) in [6.07, 6.45) is 2.60. The summed E-state index contributed by atoms with van der Waals surface area (Å²) in [5.74, 6) is -0.408. The summed E-state index contributed by atoms with van der Waals surface area (Å²) in [6, 6.07) is 13.7. The number of rotatable bonds is 11. The Kier molecular flexibility index (Phi) is 9.45. The number of halogens is 1. The Bertz CT molecular complexity index is 992. The highest BCUT2D eigenvalue weighted by Crippen LogP contribution is 2.29. The third-order valence-corrected chi connectivity index (χ3v) is 7.05. The summed E-state index contributed by atoms with van der Waals surface area (Å²) >= 11 is 0. The molecule has 0 aromatic heterocycles. The molecule has 1 fully saturated rings. The summed E-state index contributed by atoms with van der Waals surface area (Å²) in [7, 11) is 1.41. The molecule has 0 unspecified atom stereocenters. The molecule has 5 nitrogen and oxygen atoms in total. The number of aryl methyl sites for hydroxylation is 1. The van der Waals surface area contributed by atoms with Gasteiger partial charge in [0.05, 0.1) is 31.3 Å². The van der Waals surface area contributed by atoms with Gasteiger partial charge in [-0.05, 0) is 88.2 Å². The number of likely N-dealkylation sites (tertiary alicyclic amines) is 1. The third-order valence-electron chi connectivity index (χ3n) is 7.05. The molecule has 1 aliphatic rings. The maximum Gasteiger partial charge on any atom is 0.311 e. The van der Waals surface area contributed by atoms with Crippen molar-refractivity contribution >= 4 is 5.97 Å². The first-order valence-electron chi connectivity index (χ1n) is 12.6. The summed E-state index contributed by atoms with van der Waals surface area (Å²) < 4.78 is 25.0. The van der Waals surface area contributed by atoms with Crippen molar-refractivity contribution in [2.75, 3.05) is 26.8 Å². The van der Waals surface area contributed by atoms with Crippen molar-refractivity contribution in [1.82, 2.24) is 4.90 Å². The van der Waals surface area contributed by atoms with E-state index in [1.54, 1.807) is 13.0 Å². The molecule has 192 valence electrons. The lowest BCUT2D eigenvalue weighted by atomic mass is 9.83. The number of ether oxygens (including phenoxy) is 2. The highest BCUT2D eigenvalue weighted by atomic mass is 19.1. The average Bonchev–Trinajstić information content (AvgIpc) is 3.25. The molecule has 0 saturated carbocycles. The average molecular weight is 486 g/mol. The minimum Gasteiger partial charge on any atom is -0.469 e. The van der Waals surface area contributed by atoms with Gasteiger partial charge in [-0.15, -0.1) is 0 Å². The van der Waals surface area contributed by atoms with Crippen molar-refractivity contribution in [3.05, 3.63) is 70.5 Å². The molecule has 3 atom stereocenters. The predicted octanol–water partition coefficient (Wildman–Crippen LogP) is 5.02. The lowest BCUT2D eigenvalue weighted by Crippen LogP contribution is -2.39. The van der Waals surface area contributed by atoms with Crippen LogP contribution in [0.4, 0.5) is 4.39 Å². The van der Waals surface area contributed by atoms with E-state index in [0.29, 0.717) is 24.6 Å². The molecule has 3 rings (SSSR count). The number of methoxy groups -OCH3 is 1. The van der Waals surface area contributed by atoms with Crippen LogP contribution >= 0.6 is 0 Å². The maximum absolute atomic E-state index is 14.0. The molecule has 0 aliphatic carbocycles. The topological polar surface area (TPSA) is 59.0 Å². The fraction of sp³-hybridized carbons (Fsp3) is 0.552. The fourth-order valence-electron chi connectivity index (χ4n) is 4.99. The molecule has 1 heterocycles. The summed E-state index contributed by atoms with van der Waals surface area (Å²) in [5, 5.41) is 10.7. The van der Waals surface area contributed by atoms with Crippen LogP contribution in [0.3, 0.4) is 0 Å². The second kappa shape index (κ2) is 12.1. The first-order chi connectivity index (χ1) is 16.6. The van der Waals surface area contributed by atoms with Crippen LogP contribution in [-0.4, -0.2) is 54.9 Å². The van der Waals surface area contributed by atoms with Crippen molar-refractivity contribution in [2.24, 2.45) is 5.41 Å². The molecule has 0 spiro atoms. The van der Waals surface area contributed by atoms with Crippen LogP contribution in [0.25, 0.3) is 0 Å². The van der Waals surface area contributed by atoms with Gasteiger partial charge in [0.25, 0.3) is 0 Å². The number of aliphatic hydroxyl groups excluding tert-OH is 1. The molecule has 1 saturated heterocycles. The molecule has 0 radical (unpaired) electrons. The number of hydrogen-bond donors (Lipinski definition) is 1. The molecule has 6 heteroatoms. The molecule has 1 aliphatic heterocycles. The van der Waals surface area contributed by atoms with Gasteiger partial charge in [-0.25, -0.2) is 4.39 Å². The van der Waals surface area contributed by atoms with Crippen LogP contribution in [0, 0.1) is 18.2 Å². The Morgan fingerprint density at radius 3 is 2.71 bits per heavy atom. The van der Waals surface area contributed by atoms with Crippen molar-refractivity contribution in [2.45, 2.75) is 71.6 Å². The maximum atomic E-state index is 14.0. The van der Waals surface area contributed by atoms with Gasteiger partial charge in [-0.3, -0.25) is 9.69 Å². The number of esters is 1. The lowest BCUT2D eigenvalue weighted by Gasteiger charge is -2.28. The van der Waals surface area contributed by atoms with Crippen LogP contribution in [0.5, 0.6) is 0 Å². The van der Waals surface area contributed by atoms with Gasteiger partial charge in [0, 0.05) is 12.6 Å². The van der Waals surface area contributed by atoms with Gasteiger partial charge in [-0.2, -0.15) is 0 Å². The molecule has 0 amide bonds. The standard InChI is InChI=1S/C29H40FNO4/c1-20-12-13-22(16-27(20)30)15-24-10-8-14-31(24)18-25(32)19-35-21(2)26-11-7-6-9-23(26)17-29(3,4)28(33)34-5/h6-7,9,11-13,16,21,24-25,32H,8,10,14-15,17-19H2,1-5H3/t21-,24+,25-/m1/s1. The number of aliphatic hydroxyl groups is 1. The van der Waals surface area contributed by atoms with Crippen molar-refractivity contribution in [3.63, 3.8) is 0 Å². The number of benzene rings is 2. The minimum absolute atomic E-state index is 0.162. The van der Waals surface area contributed by atoms with Gasteiger partial charge < -0.3 is 14.6 Å². The van der Waals surface area contributed by atoms with Crippen LogP contribution in [0.1, 0.15) is 62.0 Å². The smallest absolute Gasteiger partial charge is 0.311 e. The van der Waals surface area contributed by atoms with Crippen molar-refractivity contribution in [3.8, 4) is 0 Å². The lowest BCUT2D eigenvalue weighted by molar-refractivity contribution is -0.150. The fourth-order valence-corrected chi connectivity index (χ4v) is 4.99. The zero-order chi connectivity index (χ0) is 25.6. The minimum atomic E-state index is -0.644. The van der Waals surface area contributed by atoms with E-state index >= 15 is 0 Å². The number of nitrogens with zero attached hydrogens (tertiary/aromatic N) is 1. The van der Waals surface area contributed by atoms with E-state index in [4.69, 9.17) is 9.47 Å². The van der Waals surface area contributed by atoms with Crippen molar-refractivity contribution < 1.29 is 23.8 Å². The van der Waals surface area contributed by atoms with E-state index in [1.807, 2.05) is 57.2 Å². The highest BCUT2D eigenvalue weighted by molar-refractivity contribution is 5.76. The van der Waals surface area contributed by atoms with E-state index in [1.165, 1.54) is 7.11 Å². The van der Waals surface area contributed by atoms with Crippen LogP contribution in [-0.2, 0) is 27.1 Å². The monoisotopic (exact) mass is 485 g/mol. The van der Waals surface area contributed by atoms with E-state index in [9.17, 15) is 14.3 Å². The normalized spacial score (nSPS) is 18.4. The summed E-state index contributed by atoms with van der Waals surface area (Å²) in [6.45, 7) is 9.18. The summed E-state index contributed by atoms with van der Waals surface area (Å²) in [5.41, 5.74) is 3.06. The molecule has 2 aromatic carbocycles. The van der Waals surface area contributed by atoms with E-state index < -0.39 is 11.5 Å².